The largest absolute Gasteiger partial charge is 0.411 e. The summed E-state index contributed by atoms with van der Waals surface area (Å²) in [6, 6.07) is 2.97. The average Bonchev–Trinajstić information content (AvgIpc) is 2.83. The Kier molecular flexibility index (Phi) is 7.04. The van der Waals surface area contributed by atoms with Crippen LogP contribution in [0.3, 0.4) is 0 Å². The molecule has 25 heavy (non-hydrogen) atoms. The molecule has 1 N–H and O–H groups in total. The van der Waals surface area contributed by atoms with E-state index in [9.17, 15) is 18.0 Å². The lowest BCUT2D eigenvalue weighted by Gasteiger charge is -2.21. The highest BCUT2D eigenvalue weighted by atomic mass is 19.4. The van der Waals surface area contributed by atoms with Gasteiger partial charge in [-0.15, -0.1) is 0 Å². The fraction of sp³-hybridized carbons (Fsp3) is 0.647. The minimum absolute atomic E-state index is 0.204. The predicted octanol–water partition coefficient (Wildman–Crippen LogP) is 3.16. The molecule has 1 atom stereocenters. The van der Waals surface area contributed by atoms with Crippen LogP contribution in [0, 0.1) is 0 Å². The second-order valence-corrected chi connectivity index (χ2v) is 6.31. The summed E-state index contributed by atoms with van der Waals surface area (Å²) < 4.78 is 40.6. The Balaban J connectivity index is 1.83. The van der Waals surface area contributed by atoms with Crippen LogP contribution < -0.4 is 10.2 Å². The van der Waals surface area contributed by atoms with Crippen molar-refractivity contribution in [2.75, 3.05) is 31.2 Å². The third-order valence-electron chi connectivity index (χ3n) is 3.95. The second kappa shape index (κ2) is 9.03. The molecule has 140 valence electrons. The zero-order valence-electron chi connectivity index (χ0n) is 14.3. The number of pyridine rings is 1. The van der Waals surface area contributed by atoms with Crippen LogP contribution in [-0.2, 0) is 4.74 Å². The lowest BCUT2D eigenvalue weighted by Crippen LogP contribution is -2.37. The number of rotatable bonds is 6. The number of nitrogens with one attached hydrogen (secondary N) is 1. The minimum atomic E-state index is -4.36. The first kappa shape index (κ1) is 19.5. The summed E-state index contributed by atoms with van der Waals surface area (Å²) in [5, 5.41) is 2.61. The predicted molar refractivity (Wildman–Crippen MR) is 88.7 cm³/mol. The number of carbonyl (C=O) groups is 1. The molecule has 1 aliphatic heterocycles. The molecule has 0 bridgehead atoms. The summed E-state index contributed by atoms with van der Waals surface area (Å²) >= 11 is 0. The van der Waals surface area contributed by atoms with Gasteiger partial charge in [0.15, 0.2) is 0 Å². The Morgan fingerprint density at radius 3 is 2.52 bits per heavy atom. The van der Waals surface area contributed by atoms with Crippen LogP contribution >= 0.6 is 0 Å². The molecule has 2 heterocycles. The first-order valence-corrected chi connectivity index (χ1v) is 8.51. The van der Waals surface area contributed by atoms with Crippen LogP contribution in [0.5, 0.6) is 0 Å². The monoisotopic (exact) mass is 359 g/mol. The van der Waals surface area contributed by atoms with E-state index in [4.69, 9.17) is 0 Å². The van der Waals surface area contributed by atoms with E-state index in [0.717, 1.165) is 31.7 Å². The molecule has 1 fully saturated rings. The molecule has 0 aromatic carbocycles. The highest BCUT2D eigenvalue weighted by Crippen LogP contribution is 2.17. The fourth-order valence-corrected chi connectivity index (χ4v) is 2.71. The number of halogens is 3. The summed E-state index contributed by atoms with van der Waals surface area (Å²) in [5.74, 6) is 0.470. The van der Waals surface area contributed by atoms with Crippen molar-refractivity contribution in [2.24, 2.45) is 0 Å². The molecular formula is C17H24F3N3O2. The molecule has 1 aromatic rings. The van der Waals surface area contributed by atoms with Crippen molar-refractivity contribution >= 4 is 11.7 Å². The summed E-state index contributed by atoms with van der Waals surface area (Å²) in [6.45, 7) is 2.00. The van der Waals surface area contributed by atoms with Crippen LogP contribution in [-0.4, -0.2) is 49.4 Å². The van der Waals surface area contributed by atoms with Gasteiger partial charge in [0.1, 0.15) is 12.4 Å². The van der Waals surface area contributed by atoms with Crippen molar-refractivity contribution in [2.45, 2.75) is 44.8 Å². The van der Waals surface area contributed by atoms with Crippen LogP contribution in [0.15, 0.2) is 18.3 Å². The summed E-state index contributed by atoms with van der Waals surface area (Å²) in [7, 11) is 0. The van der Waals surface area contributed by atoms with E-state index < -0.39 is 18.8 Å². The molecule has 0 saturated carbocycles. The maximum atomic E-state index is 12.1. The van der Waals surface area contributed by atoms with Crippen molar-refractivity contribution in [1.29, 1.82) is 0 Å². The molecule has 1 aromatic heterocycles. The lowest BCUT2D eigenvalue weighted by atomic mass is 10.2. The molecule has 0 aliphatic carbocycles. The zero-order valence-corrected chi connectivity index (χ0v) is 14.3. The Labute approximate surface area is 145 Å². The Bertz CT molecular complexity index is 541. The van der Waals surface area contributed by atoms with Gasteiger partial charge in [0.25, 0.3) is 5.91 Å². The molecular weight excluding hydrogens is 335 g/mol. The normalized spacial score (nSPS) is 17.0. The molecule has 8 heteroatoms. The first-order valence-electron chi connectivity index (χ1n) is 8.51. The Hall–Kier alpha value is -1.83. The van der Waals surface area contributed by atoms with E-state index in [2.05, 4.69) is 19.9 Å². The number of hydrogen-bond donors (Lipinski definition) is 1. The number of ether oxygens (including phenoxy) is 1. The van der Waals surface area contributed by atoms with Gasteiger partial charge in [-0.05, 0) is 31.9 Å². The first-order chi connectivity index (χ1) is 11.8. The SMILES string of the molecule is CC(COCC(F)(F)F)NC(=O)c1ccc(N2CCCCCC2)nc1. The van der Waals surface area contributed by atoms with Crippen molar-refractivity contribution < 1.29 is 22.7 Å². The molecule has 1 aliphatic rings. The average molecular weight is 359 g/mol. The van der Waals surface area contributed by atoms with Crippen LogP contribution in [0.2, 0.25) is 0 Å². The second-order valence-electron chi connectivity index (χ2n) is 6.31. The van der Waals surface area contributed by atoms with Crippen molar-refractivity contribution in [3.63, 3.8) is 0 Å². The van der Waals surface area contributed by atoms with Crippen molar-refractivity contribution in [3.8, 4) is 0 Å². The highest BCUT2D eigenvalue weighted by molar-refractivity contribution is 5.94. The highest BCUT2D eigenvalue weighted by Gasteiger charge is 2.27. The molecule has 1 unspecified atom stereocenters. The van der Waals surface area contributed by atoms with Gasteiger partial charge in [0.05, 0.1) is 12.2 Å². The summed E-state index contributed by atoms with van der Waals surface area (Å²) in [4.78, 5) is 18.7. The van der Waals surface area contributed by atoms with Gasteiger partial charge in [-0.25, -0.2) is 4.98 Å². The van der Waals surface area contributed by atoms with E-state index in [1.54, 1.807) is 13.0 Å². The van der Waals surface area contributed by atoms with Gasteiger partial charge in [-0.3, -0.25) is 4.79 Å². The molecule has 0 radical (unpaired) electrons. The molecule has 2 rings (SSSR count). The van der Waals surface area contributed by atoms with Crippen LogP contribution in [0.1, 0.15) is 43.0 Å². The third-order valence-corrected chi connectivity index (χ3v) is 3.95. The fourth-order valence-electron chi connectivity index (χ4n) is 2.71. The third kappa shape index (κ3) is 6.89. The summed E-state index contributed by atoms with van der Waals surface area (Å²) in [6.07, 6.45) is 1.87. The number of nitrogens with zero attached hydrogens (tertiary/aromatic N) is 2. The quantitative estimate of drug-likeness (QED) is 0.848. The van der Waals surface area contributed by atoms with E-state index in [-0.39, 0.29) is 12.5 Å². The standard InChI is InChI=1S/C17H24F3N3O2/c1-13(11-25-12-17(18,19)20)22-16(24)14-6-7-15(21-10-14)23-8-4-2-3-5-9-23/h6-7,10,13H,2-5,8-9,11-12H2,1H3,(H,22,24). The van der Waals surface area contributed by atoms with Gasteiger partial charge in [0.2, 0.25) is 0 Å². The number of amides is 1. The Morgan fingerprint density at radius 1 is 1.28 bits per heavy atom. The molecule has 0 spiro atoms. The van der Waals surface area contributed by atoms with Crippen molar-refractivity contribution in [3.05, 3.63) is 23.9 Å². The summed E-state index contributed by atoms with van der Waals surface area (Å²) in [5.41, 5.74) is 0.376. The minimum Gasteiger partial charge on any atom is -0.370 e. The smallest absolute Gasteiger partial charge is 0.370 e. The number of hydrogen-bond acceptors (Lipinski definition) is 4. The maximum absolute atomic E-state index is 12.1. The van der Waals surface area contributed by atoms with E-state index >= 15 is 0 Å². The molecule has 1 saturated heterocycles. The number of aromatic nitrogens is 1. The van der Waals surface area contributed by atoms with Gasteiger partial charge in [0, 0.05) is 25.3 Å². The zero-order chi connectivity index (χ0) is 18.3. The van der Waals surface area contributed by atoms with E-state index in [1.165, 1.54) is 19.0 Å². The number of carbonyl (C=O) groups excluding carboxylic acids is 1. The lowest BCUT2D eigenvalue weighted by molar-refractivity contribution is -0.174. The van der Waals surface area contributed by atoms with E-state index in [0.29, 0.717) is 5.56 Å². The van der Waals surface area contributed by atoms with Gasteiger partial charge in [-0.1, -0.05) is 12.8 Å². The van der Waals surface area contributed by atoms with Gasteiger partial charge in [-0.2, -0.15) is 13.2 Å². The Morgan fingerprint density at radius 2 is 1.96 bits per heavy atom. The topological polar surface area (TPSA) is 54.5 Å². The molecule has 5 nitrogen and oxygen atoms in total. The maximum Gasteiger partial charge on any atom is 0.411 e. The van der Waals surface area contributed by atoms with Crippen molar-refractivity contribution in [1.82, 2.24) is 10.3 Å². The van der Waals surface area contributed by atoms with Crippen LogP contribution in [0.4, 0.5) is 19.0 Å². The molecule has 1 amide bonds. The number of alkyl halides is 3. The van der Waals surface area contributed by atoms with Gasteiger partial charge < -0.3 is 15.0 Å². The van der Waals surface area contributed by atoms with Crippen LogP contribution in [0.25, 0.3) is 0 Å². The van der Waals surface area contributed by atoms with E-state index in [1.807, 2.05) is 6.07 Å². The number of anilines is 1. The van der Waals surface area contributed by atoms with Gasteiger partial charge >= 0.3 is 6.18 Å².